The van der Waals surface area contributed by atoms with Crippen LogP contribution in [0.4, 0.5) is 0 Å². The van der Waals surface area contributed by atoms with Crippen molar-refractivity contribution in [1.82, 2.24) is 0 Å². The summed E-state index contributed by atoms with van der Waals surface area (Å²) in [5.74, 6) is -0.578. The molecule has 6 heteroatoms. The second-order valence-electron chi connectivity index (χ2n) is 5.38. The summed E-state index contributed by atoms with van der Waals surface area (Å²) in [4.78, 5) is 30.4. The normalized spacial score (nSPS) is 12.2. The van der Waals surface area contributed by atoms with E-state index < -0.39 is 25.3 Å². The molecule has 0 aromatic rings. The number of carbonyl (C=O) groups is 1. The molecule has 0 saturated carbocycles. The van der Waals surface area contributed by atoms with Crippen LogP contribution >= 0.6 is 7.60 Å². The van der Waals surface area contributed by atoms with E-state index in [0.29, 0.717) is 12.8 Å². The molecule has 0 amide bonds. The van der Waals surface area contributed by atoms with Gasteiger partial charge in [0.15, 0.2) is 0 Å². The van der Waals surface area contributed by atoms with Crippen molar-refractivity contribution in [2.24, 2.45) is 0 Å². The minimum atomic E-state index is -4.26. The van der Waals surface area contributed by atoms with Crippen molar-refractivity contribution in [2.75, 3.05) is 6.16 Å². The van der Waals surface area contributed by atoms with Crippen LogP contribution in [0.1, 0.15) is 59.3 Å². The fourth-order valence-electron chi connectivity index (χ4n) is 2.07. The second kappa shape index (κ2) is 8.60. The van der Waals surface area contributed by atoms with Crippen LogP contribution < -0.4 is 0 Å². The Hall–Kier alpha value is -0.640. The Morgan fingerprint density at radius 1 is 1.20 bits per heavy atom. The Morgan fingerprint density at radius 2 is 1.65 bits per heavy atom. The monoisotopic (exact) mass is 306 g/mol. The van der Waals surface area contributed by atoms with Crippen LogP contribution in [0.2, 0.25) is 0 Å². The second-order valence-corrected chi connectivity index (χ2v) is 7.03. The molecule has 0 fully saturated rings. The van der Waals surface area contributed by atoms with E-state index in [-0.39, 0.29) is 5.57 Å². The first kappa shape index (κ1) is 19.4. The molecule has 118 valence electrons. The lowest BCUT2D eigenvalue weighted by molar-refractivity contribution is -0.154. The SMILES string of the molecule is C=C(C)C(=O)OC(CCCC)(CCCC)CP(=O)(O)O. The first-order valence-electron chi connectivity index (χ1n) is 7.09. The highest BCUT2D eigenvalue weighted by atomic mass is 31.2. The van der Waals surface area contributed by atoms with Gasteiger partial charge in [-0.25, -0.2) is 4.79 Å². The standard InChI is InChI=1S/C14H27O5P/c1-5-7-9-14(10-8-6-2,11-20(16,17)18)19-13(15)12(3)4/h3,5-11H2,1-2,4H3,(H2,16,17,18). The van der Waals surface area contributed by atoms with Crippen molar-refractivity contribution in [2.45, 2.75) is 64.9 Å². The lowest BCUT2D eigenvalue weighted by Crippen LogP contribution is -2.39. The molecule has 0 spiro atoms. The average Bonchev–Trinajstić information content (AvgIpc) is 2.31. The first-order valence-corrected chi connectivity index (χ1v) is 8.89. The van der Waals surface area contributed by atoms with Gasteiger partial charge in [0.25, 0.3) is 0 Å². The van der Waals surface area contributed by atoms with Crippen LogP contribution in [0.5, 0.6) is 0 Å². The lowest BCUT2D eigenvalue weighted by atomic mass is 9.92. The molecule has 0 radical (unpaired) electrons. The average molecular weight is 306 g/mol. The maximum atomic E-state index is 11.8. The molecule has 0 heterocycles. The van der Waals surface area contributed by atoms with E-state index in [1.54, 1.807) is 0 Å². The number of carbonyl (C=O) groups excluding carboxylic acids is 1. The van der Waals surface area contributed by atoms with Crippen LogP contribution in [-0.2, 0) is 14.1 Å². The van der Waals surface area contributed by atoms with Crippen LogP contribution in [0.15, 0.2) is 12.2 Å². The molecular weight excluding hydrogens is 279 g/mol. The van der Waals surface area contributed by atoms with E-state index in [4.69, 9.17) is 4.74 Å². The Labute approximate surface area is 121 Å². The highest BCUT2D eigenvalue weighted by molar-refractivity contribution is 7.51. The number of rotatable bonds is 10. The molecule has 0 bridgehead atoms. The van der Waals surface area contributed by atoms with Crippen molar-refractivity contribution < 1.29 is 23.9 Å². The summed E-state index contributed by atoms with van der Waals surface area (Å²) in [6, 6.07) is 0. The van der Waals surface area contributed by atoms with Gasteiger partial charge in [0, 0.05) is 5.57 Å². The van der Waals surface area contributed by atoms with Gasteiger partial charge in [-0.2, -0.15) is 0 Å². The molecule has 0 aliphatic rings. The van der Waals surface area contributed by atoms with Crippen molar-refractivity contribution in [3.05, 3.63) is 12.2 Å². The molecule has 0 aromatic heterocycles. The minimum Gasteiger partial charge on any atom is -0.455 e. The maximum Gasteiger partial charge on any atom is 0.333 e. The van der Waals surface area contributed by atoms with E-state index in [1.807, 2.05) is 13.8 Å². The van der Waals surface area contributed by atoms with Gasteiger partial charge in [0.05, 0.1) is 6.16 Å². The summed E-state index contributed by atoms with van der Waals surface area (Å²) in [6.07, 6.45) is 3.78. The predicted octanol–water partition coefficient (Wildman–Crippen LogP) is 3.40. The number of esters is 1. The van der Waals surface area contributed by atoms with Crippen LogP contribution in [0, 0.1) is 0 Å². The molecule has 5 nitrogen and oxygen atoms in total. The van der Waals surface area contributed by atoms with Gasteiger partial charge < -0.3 is 14.5 Å². The molecule has 0 aliphatic carbocycles. The number of hydrogen-bond donors (Lipinski definition) is 2. The van der Waals surface area contributed by atoms with E-state index in [1.165, 1.54) is 6.92 Å². The molecule has 0 rings (SSSR count). The molecule has 0 unspecified atom stereocenters. The van der Waals surface area contributed by atoms with Gasteiger partial charge in [0.2, 0.25) is 0 Å². The van der Waals surface area contributed by atoms with Crippen molar-refractivity contribution in [1.29, 1.82) is 0 Å². The van der Waals surface area contributed by atoms with Crippen molar-refractivity contribution in [3.8, 4) is 0 Å². The maximum absolute atomic E-state index is 11.8. The third-order valence-corrected chi connectivity index (χ3v) is 4.11. The molecular formula is C14H27O5P. The molecule has 20 heavy (non-hydrogen) atoms. The molecule has 2 N–H and O–H groups in total. The summed E-state index contributed by atoms with van der Waals surface area (Å²) in [5, 5.41) is 0. The van der Waals surface area contributed by atoms with Gasteiger partial charge in [-0.1, -0.05) is 33.3 Å². The summed E-state index contributed by atoms with van der Waals surface area (Å²) in [5.41, 5.74) is -0.839. The molecule has 0 aromatic carbocycles. The summed E-state index contributed by atoms with van der Waals surface area (Å²) in [6.45, 7) is 9.04. The minimum absolute atomic E-state index is 0.244. The van der Waals surface area contributed by atoms with Gasteiger partial charge in [-0.15, -0.1) is 0 Å². The highest BCUT2D eigenvalue weighted by Crippen LogP contribution is 2.44. The smallest absolute Gasteiger partial charge is 0.333 e. The molecule has 0 aliphatic heterocycles. The van der Waals surface area contributed by atoms with Gasteiger partial charge >= 0.3 is 13.6 Å². The first-order chi connectivity index (χ1) is 9.16. The Morgan fingerprint density at radius 3 is 1.95 bits per heavy atom. The van der Waals surface area contributed by atoms with Crippen molar-refractivity contribution in [3.63, 3.8) is 0 Å². The Bertz CT molecular complexity index is 364. The van der Waals surface area contributed by atoms with Crippen LogP contribution in [-0.4, -0.2) is 27.5 Å². The zero-order chi connectivity index (χ0) is 15.8. The van der Waals surface area contributed by atoms with E-state index in [2.05, 4.69) is 6.58 Å². The summed E-state index contributed by atoms with van der Waals surface area (Å²) in [7, 11) is -4.26. The molecule has 0 atom stereocenters. The Kier molecular flexibility index (Phi) is 8.33. The van der Waals surface area contributed by atoms with Crippen LogP contribution in [0.25, 0.3) is 0 Å². The van der Waals surface area contributed by atoms with E-state index in [9.17, 15) is 19.1 Å². The van der Waals surface area contributed by atoms with Crippen LogP contribution in [0.3, 0.4) is 0 Å². The Balaban J connectivity index is 5.22. The zero-order valence-corrected chi connectivity index (χ0v) is 13.6. The van der Waals surface area contributed by atoms with Gasteiger partial charge in [0.1, 0.15) is 5.60 Å². The number of hydrogen-bond acceptors (Lipinski definition) is 3. The number of ether oxygens (including phenoxy) is 1. The third-order valence-electron chi connectivity index (χ3n) is 3.12. The predicted molar refractivity (Wildman–Crippen MR) is 79.6 cm³/mol. The van der Waals surface area contributed by atoms with E-state index in [0.717, 1.165) is 25.7 Å². The van der Waals surface area contributed by atoms with Gasteiger partial charge in [-0.3, -0.25) is 4.57 Å². The summed E-state index contributed by atoms with van der Waals surface area (Å²) < 4.78 is 16.9. The quantitative estimate of drug-likeness (QED) is 0.367. The van der Waals surface area contributed by atoms with Crippen molar-refractivity contribution >= 4 is 13.6 Å². The van der Waals surface area contributed by atoms with E-state index >= 15 is 0 Å². The largest absolute Gasteiger partial charge is 0.455 e. The fourth-order valence-corrected chi connectivity index (χ4v) is 3.21. The lowest BCUT2D eigenvalue weighted by Gasteiger charge is -2.34. The highest BCUT2D eigenvalue weighted by Gasteiger charge is 2.39. The zero-order valence-electron chi connectivity index (χ0n) is 12.7. The number of unbranched alkanes of at least 4 members (excludes halogenated alkanes) is 2. The fraction of sp³-hybridized carbons (Fsp3) is 0.786. The third kappa shape index (κ3) is 7.83. The van der Waals surface area contributed by atoms with Gasteiger partial charge in [-0.05, 0) is 32.6 Å². The molecule has 0 saturated heterocycles. The summed E-state index contributed by atoms with van der Waals surface area (Å²) >= 11 is 0. The topological polar surface area (TPSA) is 83.8 Å².